The van der Waals surface area contributed by atoms with E-state index >= 15 is 0 Å². The molecule has 2 N–H and O–H groups in total. The Morgan fingerprint density at radius 1 is 1.33 bits per heavy atom. The zero-order valence-corrected chi connectivity index (χ0v) is 12.1. The summed E-state index contributed by atoms with van der Waals surface area (Å²) >= 11 is 0. The van der Waals surface area contributed by atoms with Crippen molar-refractivity contribution in [3.05, 3.63) is 53.5 Å². The number of hydrogen-bond acceptors (Lipinski definition) is 3. The molecule has 2 rings (SSSR count). The Labute approximate surface area is 123 Å². The molecule has 0 aliphatic carbocycles. The number of likely N-dealkylation sites (N-methyl/N-ethyl adjacent to an activating group) is 1. The summed E-state index contributed by atoms with van der Waals surface area (Å²) in [6.07, 6.45) is 0. The average molecular weight is 284 g/mol. The van der Waals surface area contributed by atoms with Crippen LogP contribution in [0.3, 0.4) is 0 Å². The van der Waals surface area contributed by atoms with Crippen molar-refractivity contribution in [1.82, 2.24) is 0 Å². The topological polar surface area (TPSA) is 70.5 Å². The number of nitriles is 1. The molecule has 1 heterocycles. The summed E-state index contributed by atoms with van der Waals surface area (Å²) in [4.78, 5) is 13.0. The third-order valence-corrected chi connectivity index (χ3v) is 3.06. The van der Waals surface area contributed by atoms with Crippen LogP contribution in [-0.2, 0) is 11.3 Å². The predicted octanol–water partition coefficient (Wildman–Crippen LogP) is 1.11. The highest BCUT2D eigenvalue weighted by atomic mass is 16.3. The normalized spacial score (nSPS) is 11.7. The summed E-state index contributed by atoms with van der Waals surface area (Å²) in [7, 11) is 1.92. The molecule has 1 amide bonds. The van der Waals surface area contributed by atoms with Gasteiger partial charge in [-0.2, -0.15) is 5.26 Å². The monoisotopic (exact) mass is 284 g/mol. The fourth-order valence-electron chi connectivity index (χ4n) is 2.10. The zero-order valence-electron chi connectivity index (χ0n) is 12.1. The maximum Gasteiger partial charge on any atom is 0.279 e. The van der Waals surface area contributed by atoms with Crippen LogP contribution in [0.15, 0.2) is 40.8 Å². The van der Waals surface area contributed by atoms with Crippen LogP contribution in [0.4, 0.5) is 5.69 Å². The smallest absolute Gasteiger partial charge is 0.279 e. The Balaban J connectivity index is 1.91. The van der Waals surface area contributed by atoms with Crippen molar-refractivity contribution >= 4 is 11.6 Å². The van der Waals surface area contributed by atoms with Crippen LogP contribution in [-0.4, -0.2) is 19.5 Å². The molecule has 0 radical (unpaired) electrons. The maximum absolute atomic E-state index is 12.0. The maximum atomic E-state index is 12.0. The van der Waals surface area contributed by atoms with E-state index in [0.29, 0.717) is 24.3 Å². The lowest BCUT2D eigenvalue weighted by atomic mass is 10.2. The van der Waals surface area contributed by atoms with E-state index in [-0.39, 0.29) is 5.91 Å². The number of carbonyl (C=O) groups is 1. The summed E-state index contributed by atoms with van der Waals surface area (Å²) < 4.78 is 5.49. The highest BCUT2D eigenvalue weighted by Gasteiger charge is 2.13. The molecule has 1 aromatic carbocycles. The van der Waals surface area contributed by atoms with Crippen molar-refractivity contribution in [3.63, 3.8) is 0 Å². The largest absolute Gasteiger partial charge is 0.460 e. The first-order valence-electron chi connectivity index (χ1n) is 6.74. The van der Waals surface area contributed by atoms with E-state index in [1.165, 1.54) is 0 Å². The first-order valence-corrected chi connectivity index (χ1v) is 6.74. The molecule has 0 saturated heterocycles. The lowest BCUT2D eigenvalue weighted by Crippen LogP contribution is -3.08. The number of nitrogens with one attached hydrogen (secondary N) is 2. The molecule has 0 aliphatic heterocycles. The minimum absolute atomic E-state index is 0.126. The molecule has 5 nitrogen and oxygen atoms in total. The molecule has 0 aliphatic rings. The number of amides is 1. The van der Waals surface area contributed by atoms with Crippen molar-refractivity contribution in [2.75, 3.05) is 18.9 Å². The van der Waals surface area contributed by atoms with Crippen LogP contribution < -0.4 is 10.2 Å². The predicted molar refractivity (Wildman–Crippen MR) is 78.7 cm³/mol. The second kappa shape index (κ2) is 6.73. The van der Waals surface area contributed by atoms with Crippen molar-refractivity contribution in [2.45, 2.75) is 13.5 Å². The van der Waals surface area contributed by atoms with Gasteiger partial charge in [-0.15, -0.1) is 0 Å². The summed E-state index contributed by atoms with van der Waals surface area (Å²) in [5, 5.41) is 11.8. The number of anilines is 1. The van der Waals surface area contributed by atoms with Crippen LogP contribution >= 0.6 is 0 Å². The van der Waals surface area contributed by atoms with Crippen LogP contribution in [0, 0.1) is 18.3 Å². The van der Waals surface area contributed by atoms with E-state index < -0.39 is 0 Å². The van der Waals surface area contributed by atoms with E-state index in [1.807, 2.05) is 26.1 Å². The summed E-state index contributed by atoms with van der Waals surface area (Å²) in [5.41, 5.74) is 1.01. The molecule has 1 aromatic heterocycles. The van der Waals surface area contributed by atoms with Gasteiger partial charge in [-0.3, -0.25) is 4.79 Å². The number of quaternary nitrogens is 1. The third-order valence-electron chi connectivity index (χ3n) is 3.06. The second-order valence-corrected chi connectivity index (χ2v) is 5.03. The molecule has 21 heavy (non-hydrogen) atoms. The molecule has 1 atom stereocenters. The van der Waals surface area contributed by atoms with Crippen molar-refractivity contribution in [1.29, 1.82) is 5.26 Å². The number of carbonyl (C=O) groups excluding carboxylic acids is 1. The quantitative estimate of drug-likeness (QED) is 0.864. The Morgan fingerprint density at radius 3 is 2.76 bits per heavy atom. The van der Waals surface area contributed by atoms with E-state index in [4.69, 9.17) is 9.68 Å². The van der Waals surface area contributed by atoms with Gasteiger partial charge in [0, 0.05) is 0 Å². The number of aryl methyl sites for hydroxylation is 1. The average Bonchev–Trinajstić information content (AvgIpc) is 2.84. The highest BCUT2D eigenvalue weighted by Crippen LogP contribution is 2.12. The van der Waals surface area contributed by atoms with Gasteiger partial charge < -0.3 is 14.6 Å². The molecule has 2 aromatic rings. The van der Waals surface area contributed by atoms with Crippen LogP contribution in [0.2, 0.25) is 0 Å². The fraction of sp³-hybridized carbons (Fsp3) is 0.250. The SMILES string of the molecule is Cc1ccc(C[NH+](C)CC(=O)Nc2ccccc2C#N)o1. The first-order chi connectivity index (χ1) is 10.1. The standard InChI is InChI=1S/C16H17N3O2/c1-12-7-8-14(21-12)10-19(2)11-16(20)18-15-6-4-3-5-13(15)9-17/h3-8H,10-11H2,1-2H3,(H,18,20)/p+1. The Kier molecular flexibility index (Phi) is 4.75. The minimum Gasteiger partial charge on any atom is -0.460 e. The van der Waals surface area contributed by atoms with E-state index in [2.05, 4.69) is 11.4 Å². The van der Waals surface area contributed by atoms with Gasteiger partial charge in [0.25, 0.3) is 5.91 Å². The number of benzene rings is 1. The van der Waals surface area contributed by atoms with Gasteiger partial charge in [-0.1, -0.05) is 12.1 Å². The summed E-state index contributed by atoms with van der Waals surface area (Å²) in [6.45, 7) is 2.84. The van der Waals surface area contributed by atoms with Crippen LogP contribution in [0.25, 0.3) is 0 Å². The van der Waals surface area contributed by atoms with E-state index in [1.54, 1.807) is 24.3 Å². The second-order valence-electron chi connectivity index (χ2n) is 5.03. The Hall–Kier alpha value is -2.58. The van der Waals surface area contributed by atoms with Gasteiger partial charge in [0.2, 0.25) is 0 Å². The molecule has 5 heteroatoms. The minimum atomic E-state index is -0.126. The number of nitrogens with zero attached hydrogens (tertiary/aromatic N) is 1. The third kappa shape index (κ3) is 4.20. The zero-order chi connectivity index (χ0) is 15.2. The molecule has 1 unspecified atom stereocenters. The fourth-order valence-corrected chi connectivity index (χ4v) is 2.10. The number of rotatable bonds is 5. The molecular formula is C16H18N3O2+. The van der Waals surface area contributed by atoms with Crippen molar-refractivity contribution < 1.29 is 14.1 Å². The Morgan fingerprint density at radius 2 is 2.10 bits per heavy atom. The summed E-state index contributed by atoms with van der Waals surface area (Å²) in [5.74, 6) is 1.60. The Bertz CT molecular complexity index is 670. The van der Waals surface area contributed by atoms with Crippen LogP contribution in [0.1, 0.15) is 17.1 Å². The lowest BCUT2D eigenvalue weighted by molar-refractivity contribution is -0.886. The summed E-state index contributed by atoms with van der Waals surface area (Å²) in [6, 6.07) is 12.8. The van der Waals surface area contributed by atoms with Gasteiger partial charge in [-0.05, 0) is 31.2 Å². The lowest BCUT2D eigenvalue weighted by Gasteiger charge is -2.13. The van der Waals surface area contributed by atoms with Gasteiger partial charge >= 0.3 is 0 Å². The molecule has 0 fully saturated rings. The number of hydrogen-bond donors (Lipinski definition) is 2. The van der Waals surface area contributed by atoms with Crippen LogP contribution in [0.5, 0.6) is 0 Å². The molecular weight excluding hydrogens is 266 g/mol. The van der Waals surface area contributed by atoms with E-state index in [0.717, 1.165) is 16.4 Å². The van der Waals surface area contributed by atoms with Crippen molar-refractivity contribution in [2.24, 2.45) is 0 Å². The first kappa shape index (κ1) is 14.8. The van der Waals surface area contributed by atoms with Crippen molar-refractivity contribution in [3.8, 4) is 6.07 Å². The van der Waals surface area contributed by atoms with Gasteiger partial charge in [-0.25, -0.2) is 0 Å². The molecule has 0 saturated carbocycles. The molecule has 0 bridgehead atoms. The highest BCUT2D eigenvalue weighted by molar-refractivity contribution is 5.92. The number of para-hydroxylation sites is 1. The van der Waals surface area contributed by atoms with Gasteiger partial charge in [0.15, 0.2) is 12.3 Å². The van der Waals surface area contributed by atoms with Gasteiger partial charge in [0.1, 0.15) is 18.4 Å². The van der Waals surface area contributed by atoms with Gasteiger partial charge in [0.05, 0.1) is 18.3 Å². The van der Waals surface area contributed by atoms with E-state index in [9.17, 15) is 4.79 Å². The molecule has 108 valence electrons. The number of furan rings is 1. The molecule has 0 spiro atoms.